The molecule has 0 saturated heterocycles. The molecule has 0 heterocycles. The first-order valence-electron chi connectivity index (χ1n) is 7.10. The van der Waals surface area contributed by atoms with E-state index < -0.39 is 5.97 Å². The van der Waals surface area contributed by atoms with Crippen molar-refractivity contribution in [3.63, 3.8) is 0 Å². The molecule has 1 aromatic rings. The summed E-state index contributed by atoms with van der Waals surface area (Å²) in [5.41, 5.74) is 2.77. The zero-order valence-electron chi connectivity index (χ0n) is 11.5. The van der Waals surface area contributed by atoms with Gasteiger partial charge in [-0.05, 0) is 50.0 Å². The minimum atomic E-state index is -0.746. The molecule has 1 N–H and O–H groups in total. The number of hydrogen-bond donors (Lipinski definition) is 1. The Morgan fingerprint density at radius 3 is 2.42 bits per heavy atom. The van der Waals surface area contributed by atoms with Crippen LogP contribution in [-0.2, 0) is 4.79 Å². The second-order valence-corrected chi connectivity index (χ2v) is 5.55. The van der Waals surface area contributed by atoms with E-state index in [1.54, 1.807) is 6.08 Å². The van der Waals surface area contributed by atoms with Gasteiger partial charge in [0.2, 0.25) is 0 Å². The fourth-order valence-electron chi connectivity index (χ4n) is 2.84. The molecule has 0 spiro atoms. The first-order chi connectivity index (χ1) is 9.15. The van der Waals surface area contributed by atoms with Gasteiger partial charge in [-0.1, -0.05) is 42.0 Å². The predicted octanol–water partition coefficient (Wildman–Crippen LogP) is 4.30. The van der Waals surface area contributed by atoms with E-state index in [0.717, 1.165) is 0 Å². The Labute approximate surface area is 115 Å². The third-order valence-corrected chi connectivity index (χ3v) is 4.02. The van der Waals surface area contributed by atoms with E-state index in [0.29, 0.717) is 11.8 Å². The van der Waals surface area contributed by atoms with Crippen LogP contribution in [0.25, 0.3) is 0 Å². The maximum Gasteiger partial charge on any atom is 0.307 e. The van der Waals surface area contributed by atoms with Gasteiger partial charge in [-0.2, -0.15) is 0 Å². The molecule has 2 heteroatoms. The molecule has 19 heavy (non-hydrogen) atoms. The minimum absolute atomic E-state index is 0.151. The highest BCUT2D eigenvalue weighted by Gasteiger charge is 2.20. The van der Waals surface area contributed by atoms with E-state index in [1.165, 1.54) is 36.8 Å². The molecule has 0 aromatic heterocycles. The summed E-state index contributed by atoms with van der Waals surface area (Å²) in [6, 6.07) is 8.88. The van der Waals surface area contributed by atoms with Crippen molar-refractivity contribution in [1.82, 2.24) is 0 Å². The summed E-state index contributed by atoms with van der Waals surface area (Å²) in [7, 11) is 0. The van der Waals surface area contributed by atoms with Crippen LogP contribution in [0.2, 0.25) is 0 Å². The number of rotatable bonds is 4. The highest BCUT2D eigenvalue weighted by atomic mass is 16.4. The van der Waals surface area contributed by atoms with E-state index in [2.05, 4.69) is 37.3 Å². The normalized spacial score (nSPS) is 23.6. The highest BCUT2D eigenvalue weighted by Crippen LogP contribution is 2.36. The number of benzene rings is 1. The standard InChI is InChI=1S/C17H22O2/c1-13-5-9-15(10-6-13)16-11-7-14(8-12-16)3-2-4-17(18)19/h2-3,5-6,9-10,14,16H,4,7-8,11-12H2,1H3,(H,18,19). The van der Waals surface area contributed by atoms with Gasteiger partial charge >= 0.3 is 5.97 Å². The summed E-state index contributed by atoms with van der Waals surface area (Å²) >= 11 is 0. The van der Waals surface area contributed by atoms with Crippen molar-refractivity contribution in [3.05, 3.63) is 47.5 Å². The molecule has 1 aromatic carbocycles. The molecular weight excluding hydrogens is 236 g/mol. The van der Waals surface area contributed by atoms with Gasteiger partial charge in [0.25, 0.3) is 0 Å². The average molecular weight is 258 g/mol. The van der Waals surface area contributed by atoms with Crippen LogP contribution >= 0.6 is 0 Å². The maximum atomic E-state index is 10.5. The molecule has 1 saturated carbocycles. The third-order valence-electron chi connectivity index (χ3n) is 4.02. The minimum Gasteiger partial charge on any atom is -0.481 e. The molecule has 2 nitrogen and oxygen atoms in total. The Kier molecular flexibility index (Phi) is 4.78. The van der Waals surface area contributed by atoms with Crippen molar-refractivity contribution in [2.24, 2.45) is 5.92 Å². The van der Waals surface area contributed by atoms with E-state index in [4.69, 9.17) is 5.11 Å². The molecular formula is C17H22O2. The predicted molar refractivity (Wildman–Crippen MR) is 77.3 cm³/mol. The molecule has 2 rings (SSSR count). The van der Waals surface area contributed by atoms with Gasteiger partial charge in [-0.25, -0.2) is 0 Å². The number of carboxylic acids is 1. The van der Waals surface area contributed by atoms with Crippen LogP contribution in [0.5, 0.6) is 0 Å². The first-order valence-corrected chi connectivity index (χ1v) is 7.10. The molecule has 1 fully saturated rings. The summed E-state index contributed by atoms with van der Waals surface area (Å²) in [6.45, 7) is 2.12. The van der Waals surface area contributed by atoms with Gasteiger partial charge in [0, 0.05) is 0 Å². The summed E-state index contributed by atoms with van der Waals surface area (Å²) in [5, 5.41) is 8.60. The van der Waals surface area contributed by atoms with Crippen molar-refractivity contribution in [2.45, 2.75) is 44.9 Å². The van der Waals surface area contributed by atoms with Crippen LogP contribution in [0.3, 0.4) is 0 Å². The monoisotopic (exact) mass is 258 g/mol. The SMILES string of the molecule is Cc1ccc(C2CCC(C=CCC(=O)O)CC2)cc1. The summed E-state index contributed by atoms with van der Waals surface area (Å²) in [4.78, 5) is 10.5. The van der Waals surface area contributed by atoms with Gasteiger partial charge in [0.05, 0.1) is 6.42 Å². The molecule has 0 unspecified atom stereocenters. The van der Waals surface area contributed by atoms with Gasteiger partial charge in [0.15, 0.2) is 0 Å². The topological polar surface area (TPSA) is 37.3 Å². The van der Waals surface area contributed by atoms with Crippen molar-refractivity contribution in [3.8, 4) is 0 Å². The van der Waals surface area contributed by atoms with Crippen LogP contribution in [0.1, 0.15) is 49.1 Å². The average Bonchev–Trinajstić information content (AvgIpc) is 2.40. The smallest absolute Gasteiger partial charge is 0.307 e. The van der Waals surface area contributed by atoms with Crippen LogP contribution < -0.4 is 0 Å². The van der Waals surface area contributed by atoms with Gasteiger partial charge in [-0.3, -0.25) is 4.79 Å². The van der Waals surface area contributed by atoms with Crippen LogP contribution in [0.4, 0.5) is 0 Å². The number of aryl methyl sites for hydroxylation is 1. The van der Waals surface area contributed by atoms with Crippen molar-refractivity contribution in [2.75, 3.05) is 0 Å². The molecule has 102 valence electrons. The molecule has 1 aliphatic carbocycles. The van der Waals surface area contributed by atoms with Crippen LogP contribution in [0.15, 0.2) is 36.4 Å². The van der Waals surface area contributed by atoms with Gasteiger partial charge < -0.3 is 5.11 Å². The molecule has 1 aliphatic rings. The van der Waals surface area contributed by atoms with Crippen molar-refractivity contribution < 1.29 is 9.90 Å². The first kappa shape index (κ1) is 13.9. The van der Waals surface area contributed by atoms with E-state index in [1.807, 2.05) is 0 Å². The Balaban J connectivity index is 1.83. The number of carbonyl (C=O) groups is 1. The third kappa shape index (κ3) is 4.23. The fourth-order valence-corrected chi connectivity index (χ4v) is 2.84. The maximum absolute atomic E-state index is 10.5. The lowest BCUT2D eigenvalue weighted by atomic mass is 9.78. The van der Waals surface area contributed by atoms with E-state index in [-0.39, 0.29) is 6.42 Å². The molecule has 0 radical (unpaired) electrons. The van der Waals surface area contributed by atoms with Gasteiger partial charge in [-0.15, -0.1) is 0 Å². The number of aliphatic carboxylic acids is 1. The lowest BCUT2D eigenvalue weighted by molar-refractivity contribution is -0.136. The number of carboxylic acid groups (broad SMARTS) is 1. The Morgan fingerprint density at radius 2 is 1.84 bits per heavy atom. The summed E-state index contributed by atoms with van der Waals surface area (Å²) in [6.07, 6.45) is 8.83. The van der Waals surface area contributed by atoms with E-state index in [9.17, 15) is 4.79 Å². The Bertz CT molecular complexity index is 437. The highest BCUT2D eigenvalue weighted by molar-refractivity contribution is 5.68. The summed E-state index contributed by atoms with van der Waals surface area (Å²) < 4.78 is 0. The molecule has 0 bridgehead atoms. The number of allylic oxidation sites excluding steroid dienone is 1. The molecule has 0 amide bonds. The largest absolute Gasteiger partial charge is 0.481 e. The lowest BCUT2D eigenvalue weighted by Gasteiger charge is -2.27. The van der Waals surface area contributed by atoms with Crippen molar-refractivity contribution in [1.29, 1.82) is 0 Å². The molecule has 0 atom stereocenters. The quantitative estimate of drug-likeness (QED) is 0.817. The second kappa shape index (κ2) is 6.55. The molecule has 0 aliphatic heterocycles. The van der Waals surface area contributed by atoms with Crippen LogP contribution in [0, 0.1) is 12.8 Å². The fraction of sp³-hybridized carbons (Fsp3) is 0.471. The van der Waals surface area contributed by atoms with E-state index >= 15 is 0 Å². The lowest BCUT2D eigenvalue weighted by Crippen LogP contribution is -2.11. The number of hydrogen-bond acceptors (Lipinski definition) is 1. The Morgan fingerprint density at radius 1 is 1.21 bits per heavy atom. The van der Waals surface area contributed by atoms with Crippen LogP contribution in [-0.4, -0.2) is 11.1 Å². The van der Waals surface area contributed by atoms with Crippen molar-refractivity contribution >= 4 is 5.97 Å². The Hall–Kier alpha value is -1.57. The van der Waals surface area contributed by atoms with Gasteiger partial charge in [0.1, 0.15) is 0 Å². The summed E-state index contributed by atoms with van der Waals surface area (Å²) in [5.74, 6) is 0.510. The zero-order chi connectivity index (χ0) is 13.7. The second-order valence-electron chi connectivity index (χ2n) is 5.55. The zero-order valence-corrected chi connectivity index (χ0v) is 11.5.